The lowest BCUT2D eigenvalue weighted by molar-refractivity contribution is -0.132. The van der Waals surface area contributed by atoms with Gasteiger partial charge in [0.2, 0.25) is 5.91 Å². The molecule has 1 amide bonds. The zero-order valence-corrected chi connectivity index (χ0v) is 14.7. The molecule has 25 heavy (non-hydrogen) atoms. The molecule has 0 fully saturated rings. The van der Waals surface area contributed by atoms with Crippen molar-refractivity contribution in [2.75, 3.05) is 20.3 Å². The lowest BCUT2D eigenvalue weighted by Gasteiger charge is -2.29. The van der Waals surface area contributed by atoms with Crippen LogP contribution in [0.2, 0.25) is 5.02 Å². The van der Waals surface area contributed by atoms with Gasteiger partial charge in [0, 0.05) is 13.1 Å². The van der Waals surface area contributed by atoms with Crippen LogP contribution < -0.4 is 9.47 Å². The van der Waals surface area contributed by atoms with Crippen LogP contribution in [0.3, 0.4) is 0 Å². The van der Waals surface area contributed by atoms with Crippen LogP contribution >= 0.6 is 11.6 Å². The highest BCUT2D eigenvalue weighted by atomic mass is 35.5. The van der Waals surface area contributed by atoms with Gasteiger partial charge in [-0.25, -0.2) is 4.39 Å². The van der Waals surface area contributed by atoms with Crippen molar-refractivity contribution in [2.24, 2.45) is 0 Å². The number of carbonyl (C=O) groups is 1. The lowest BCUT2D eigenvalue weighted by Crippen LogP contribution is -2.36. The van der Waals surface area contributed by atoms with E-state index in [0.29, 0.717) is 18.8 Å². The van der Waals surface area contributed by atoms with E-state index in [4.69, 9.17) is 21.1 Å². The number of halogens is 2. The Kier molecular flexibility index (Phi) is 5.43. The van der Waals surface area contributed by atoms with Crippen LogP contribution in [0.25, 0.3) is 0 Å². The van der Waals surface area contributed by atoms with Crippen LogP contribution in [0.5, 0.6) is 11.5 Å². The summed E-state index contributed by atoms with van der Waals surface area (Å²) in [6.07, 6.45) is 1.07. The quantitative estimate of drug-likeness (QED) is 0.810. The largest absolute Gasteiger partial charge is 0.497 e. The van der Waals surface area contributed by atoms with Gasteiger partial charge in [-0.2, -0.15) is 0 Å². The molecular formula is C19H19ClFNO3. The van der Waals surface area contributed by atoms with E-state index >= 15 is 0 Å². The SMILES string of the molecule is COc1ccc2c(c1)CN(C(=O)CCOc1ccc(F)cc1Cl)CC2. The molecule has 0 atom stereocenters. The predicted molar refractivity (Wildman–Crippen MR) is 93.6 cm³/mol. The summed E-state index contributed by atoms with van der Waals surface area (Å²) >= 11 is 5.91. The zero-order chi connectivity index (χ0) is 17.8. The van der Waals surface area contributed by atoms with Crippen molar-refractivity contribution in [3.05, 3.63) is 58.4 Å². The van der Waals surface area contributed by atoms with Gasteiger partial charge in [-0.3, -0.25) is 4.79 Å². The van der Waals surface area contributed by atoms with Crippen molar-refractivity contribution in [3.63, 3.8) is 0 Å². The maximum atomic E-state index is 13.0. The number of fused-ring (bicyclic) bond motifs is 1. The molecule has 0 aliphatic carbocycles. The Hall–Kier alpha value is -2.27. The number of benzene rings is 2. The first-order valence-electron chi connectivity index (χ1n) is 8.08. The van der Waals surface area contributed by atoms with Gasteiger partial charge in [-0.05, 0) is 47.9 Å². The van der Waals surface area contributed by atoms with E-state index in [1.165, 1.54) is 23.8 Å². The Morgan fingerprint density at radius 1 is 1.24 bits per heavy atom. The lowest BCUT2D eigenvalue weighted by atomic mass is 9.99. The average molecular weight is 364 g/mol. The summed E-state index contributed by atoms with van der Waals surface area (Å²) in [5, 5.41) is 0.200. The molecule has 3 rings (SSSR count). The smallest absolute Gasteiger partial charge is 0.226 e. The molecule has 1 aliphatic heterocycles. The molecule has 2 aromatic carbocycles. The topological polar surface area (TPSA) is 38.8 Å². The third kappa shape index (κ3) is 4.23. The maximum absolute atomic E-state index is 13.0. The highest BCUT2D eigenvalue weighted by Gasteiger charge is 2.21. The molecule has 1 aliphatic rings. The van der Waals surface area contributed by atoms with Gasteiger partial charge in [0.15, 0.2) is 0 Å². The van der Waals surface area contributed by atoms with Gasteiger partial charge in [0.1, 0.15) is 17.3 Å². The second kappa shape index (κ2) is 7.74. The molecule has 6 heteroatoms. The van der Waals surface area contributed by atoms with Crippen LogP contribution in [0.15, 0.2) is 36.4 Å². The van der Waals surface area contributed by atoms with E-state index in [0.717, 1.165) is 17.7 Å². The molecule has 2 aromatic rings. The fourth-order valence-electron chi connectivity index (χ4n) is 2.87. The molecule has 0 aromatic heterocycles. The molecule has 0 radical (unpaired) electrons. The number of methoxy groups -OCH3 is 1. The van der Waals surface area contributed by atoms with Gasteiger partial charge >= 0.3 is 0 Å². The van der Waals surface area contributed by atoms with E-state index in [1.54, 1.807) is 7.11 Å². The maximum Gasteiger partial charge on any atom is 0.226 e. The Balaban J connectivity index is 1.55. The van der Waals surface area contributed by atoms with Gasteiger partial charge in [-0.15, -0.1) is 0 Å². The fourth-order valence-corrected chi connectivity index (χ4v) is 3.09. The third-order valence-corrected chi connectivity index (χ3v) is 4.54. The molecular weight excluding hydrogens is 345 g/mol. The molecule has 132 valence electrons. The summed E-state index contributed by atoms with van der Waals surface area (Å²) in [6, 6.07) is 9.90. The molecule has 1 heterocycles. The van der Waals surface area contributed by atoms with Crippen molar-refractivity contribution in [3.8, 4) is 11.5 Å². The number of rotatable bonds is 5. The van der Waals surface area contributed by atoms with Crippen molar-refractivity contribution in [1.29, 1.82) is 0 Å². The standard InChI is InChI=1S/C19H19ClFNO3/c1-24-16-4-2-13-6-8-22(12-14(13)10-16)19(23)7-9-25-18-5-3-15(21)11-17(18)20/h2-5,10-11H,6-9,12H2,1H3. The number of hydrogen-bond donors (Lipinski definition) is 0. The summed E-state index contributed by atoms with van der Waals surface area (Å²) in [5.41, 5.74) is 2.36. The van der Waals surface area contributed by atoms with Crippen LogP contribution in [-0.4, -0.2) is 31.1 Å². The molecule has 0 unspecified atom stereocenters. The fraction of sp³-hybridized carbons (Fsp3) is 0.316. The van der Waals surface area contributed by atoms with Crippen molar-refractivity contribution in [1.82, 2.24) is 4.90 Å². The Bertz CT molecular complexity index is 781. The molecule has 0 bridgehead atoms. The summed E-state index contributed by atoms with van der Waals surface area (Å²) in [7, 11) is 1.63. The summed E-state index contributed by atoms with van der Waals surface area (Å²) in [6.45, 7) is 1.46. The van der Waals surface area contributed by atoms with Gasteiger partial charge in [0.05, 0.1) is 25.2 Å². The van der Waals surface area contributed by atoms with Gasteiger partial charge in [-0.1, -0.05) is 17.7 Å². The minimum atomic E-state index is -0.421. The predicted octanol–water partition coefficient (Wildman–Crippen LogP) is 3.84. The molecule has 0 saturated carbocycles. The number of ether oxygens (including phenoxy) is 2. The molecule has 0 spiro atoms. The number of hydrogen-bond acceptors (Lipinski definition) is 3. The minimum Gasteiger partial charge on any atom is -0.497 e. The first kappa shape index (κ1) is 17.5. The Morgan fingerprint density at radius 3 is 2.84 bits per heavy atom. The number of carbonyl (C=O) groups excluding carboxylic acids is 1. The second-order valence-corrected chi connectivity index (χ2v) is 6.28. The monoisotopic (exact) mass is 363 g/mol. The van der Waals surface area contributed by atoms with E-state index in [-0.39, 0.29) is 24.0 Å². The molecule has 0 N–H and O–H groups in total. The van der Waals surface area contributed by atoms with E-state index < -0.39 is 5.82 Å². The summed E-state index contributed by atoms with van der Waals surface area (Å²) in [5.74, 6) is 0.773. The average Bonchev–Trinajstić information content (AvgIpc) is 2.62. The summed E-state index contributed by atoms with van der Waals surface area (Å²) in [4.78, 5) is 14.2. The highest BCUT2D eigenvalue weighted by molar-refractivity contribution is 6.32. The van der Waals surface area contributed by atoms with Crippen LogP contribution in [0.1, 0.15) is 17.5 Å². The first-order valence-corrected chi connectivity index (χ1v) is 8.46. The number of amides is 1. The normalized spacial score (nSPS) is 13.3. The van der Waals surface area contributed by atoms with E-state index in [2.05, 4.69) is 6.07 Å². The minimum absolute atomic E-state index is 0.0201. The third-order valence-electron chi connectivity index (χ3n) is 4.25. The van der Waals surface area contributed by atoms with Gasteiger partial charge < -0.3 is 14.4 Å². The van der Waals surface area contributed by atoms with Crippen molar-refractivity contribution < 1.29 is 18.7 Å². The Labute approximate surface area is 151 Å². The van der Waals surface area contributed by atoms with Crippen LogP contribution in [0.4, 0.5) is 4.39 Å². The van der Waals surface area contributed by atoms with Crippen molar-refractivity contribution >= 4 is 17.5 Å². The highest BCUT2D eigenvalue weighted by Crippen LogP contribution is 2.26. The number of nitrogens with zero attached hydrogens (tertiary/aromatic N) is 1. The first-order chi connectivity index (χ1) is 12.1. The van der Waals surface area contributed by atoms with Gasteiger partial charge in [0.25, 0.3) is 0 Å². The van der Waals surface area contributed by atoms with Crippen molar-refractivity contribution in [2.45, 2.75) is 19.4 Å². The van der Waals surface area contributed by atoms with E-state index in [9.17, 15) is 9.18 Å². The Morgan fingerprint density at radius 2 is 2.08 bits per heavy atom. The van der Waals surface area contributed by atoms with Crippen LogP contribution in [-0.2, 0) is 17.8 Å². The van der Waals surface area contributed by atoms with Crippen LogP contribution in [0, 0.1) is 5.82 Å². The molecule has 4 nitrogen and oxygen atoms in total. The van der Waals surface area contributed by atoms with E-state index in [1.807, 2.05) is 17.0 Å². The zero-order valence-electron chi connectivity index (χ0n) is 13.9. The summed E-state index contributed by atoms with van der Waals surface area (Å²) < 4.78 is 23.7. The molecule has 0 saturated heterocycles. The second-order valence-electron chi connectivity index (χ2n) is 5.87.